The van der Waals surface area contributed by atoms with Crippen LogP contribution < -0.4 is 5.32 Å². The Labute approximate surface area is 54.3 Å². The van der Waals surface area contributed by atoms with Crippen LogP contribution in [0.15, 0.2) is 9.98 Å². The molecule has 0 fully saturated rings. The third-order valence-electron chi connectivity index (χ3n) is 0.756. The summed E-state index contributed by atoms with van der Waals surface area (Å²) in [6.07, 6.45) is 0. The average Bonchev–Trinajstić information content (AvgIpc) is 1.91. The molecule has 0 saturated carbocycles. The third kappa shape index (κ3) is 3.66. The van der Waals surface area contributed by atoms with Gasteiger partial charge in [-0.15, -0.1) is 0 Å². The second kappa shape index (κ2) is 5.24. The predicted molar refractivity (Wildman–Crippen MR) is 38.0 cm³/mol. The molecule has 0 aromatic heterocycles. The van der Waals surface area contributed by atoms with Gasteiger partial charge in [-0.05, 0) is 6.72 Å². The molecule has 0 aliphatic carbocycles. The largest absolute Gasteiger partial charge is 0.395 e. The number of aliphatic hydroxyl groups excluding tert-OH is 1. The van der Waals surface area contributed by atoms with Gasteiger partial charge in [0.1, 0.15) is 0 Å². The van der Waals surface area contributed by atoms with Gasteiger partial charge in [0.25, 0.3) is 0 Å². The summed E-state index contributed by atoms with van der Waals surface area (Å²) in [6.45, 7) is 3.80. The minimum absolute atomic E-state index is 0.0779. The zero-order valence-corrected chi connectivity index (χ0v) is 5.46. The van der Waals surface area contributed by atoms with E-state index in [2.05, 4.69) is 22.0 Å². The molecular weight excluding hydrogens is 118 g/mol. The Balaban J connectivity index is 3.45. The summed E-state index contributed by atoms with van der Waals surface area (Å²) in [5.41, 5.74) is 0. The van der Waals surface area contributed by atoms with Crippen LogP contribution in [-0.2, 0) is 0 Å². The molecule has 0 bridgehead atoms. The summed E-state index contributed by atoms with van der Waals surface area (Å²) < 4.78 is 0. The summed E-state index contributed by atoms with van der Waals surface area (Å²) in [5, 5.41) is 11.1. The number of hydrogen-bond acceptors (Lipinski definition) is 2. The molecule has 0 aliphatic heterocycles. The second-order valence-corrected chi connectivity index (χ2v) is 1.36. The number of rotatable bonds is 2. The summed E-state index contributed by atoms with van der Waals surface area (Å²) >= 11 is 0. The van der Waals surface area contributed by atoms with Gasteiger partial charge in [0.15, 0.2) is 0 Å². The van der Waals surface area contributed by atoms with E-state index in [1.807, 2.05) is 0 Å². The normalized spacial score (nSPS) is 11.1. The number of hydrogen-bond donors (Lipinski definition) is 2. The SMILES string of the molecule is C=NC(=NC)NCCO. The van der Waals surface area contributed by atoms with Crippen LogP contribution in [-0.4, -0.2) is 38.0 Å². The van der Waals surface area contributed by atoms with E-state index in [4.69, 9.17) is 5.11 Å². The van der Waals surface area contributed by atoms with E-state index in [0.29, 0.717) is 12.5 Å². The topological polar surface area (TPSA) is 57.0 Å². The van der Waals surface area contributed by atoms with Crippen molar-refractivity contribution in [2.75, 3.05) is 20.2 Å². The van der Waals surface area contributed by atoms with Gasteiger partial charge in [-0.25, -0.2) is 4.99 Å². The molecule has 0 spiro atoms. The maximum absolute atomic E-state index is 8.33. The lowest BCUT2D eigenvalue weighted by Crippen LogP contribution is -2.24. The average molecular weight is 129 g/mol. The van der Waals surface area contributed by atoms with Crippen LogP contribution in [0, 0.1) is 0 Å². The molecule has 0 aromatic carbocycles. The number of nitrogens with one attached hydrogen (secondary N) is 1. The van der Waals surface area contributed by atoms with Crippen molar-refractivity contribution in [1.29, 1.82) is 0 Å². The number of aliphatic imine (C=N–C) groups is 2. The molecule has 4 nitrogen and oxygen atoms in total. The van der Waals surface area contributed by atoms with Crippen LogP contribution in [0.4, 0.5) is 0 Å². The van der Waals surface area contributed by atoms with Crippen LogP contribution in [0.3, 0.4) is 0 Å². The fraction of sp³-hybridized carbons (Fsp3) is 0.600. The Morgan fingerprint density at radius 2 is 2.44 bits per heavy atom. The number of guanidine groups is 1. The molecule has 2 N–H and O–H groups in total. The van der Waals surface area contributed by atoms with Gasteiger partial charge in [0.2, 0.25) is 5.96 Å². The molecule has 4 heteroatoms. The Hall–Kier alpha value is -0.900. The van der Waals surface area contributed by atoms with Gasteiger partial charge >= 0.3 is 0 Å². The first-order valence-electron chi connectivity index (χ1n) is 2.63. The lowest BCUT2D eigenvalue weighted by molar-refractivity contribution is 0.300. The van der Waals surface area contributed by atoms with E-state index in [1.54, 1.807) is 7.05 Å². The van der Waals surface area contributed by atoms with Gasteiger partial charge in [-0.3, -0.25) is 4.99 Å². The van der Waals surface area contributed by atoms with Crippen LogP contribution in [0.1, 0.15) is 0 Å². The van der Waals surface area contributed by atoms with Gasteiger partial charge in [0.05, 0.1) is 6.61 Å². The third-order valence-corrected chi connectivity index (χ3v) is 0.756. The van der Waals surface area contributed by atoms with Crippen molar-refractivity contribution < 1.29 is 5.11 Å². The molecule has 52 valence electrons. The standard InChI is InChI=1S/C5H11N3O/c1-6-5(7-2)8-3-4-9/h9H,1,3-4H2,2H3,(H,7,8). The summed E-state index contributed by atoms with van der Waals surface area (Å²) in [7, 11) is 1.61. The molecule has 0 aromatic rings. The van der Waals surface area contributed by atoms with E-state index < -0.39 is 0 Å². The van der Waals surface area contributed by atoms with Crippen molar-refractivity contribution in [1.82, 2.24) is 5.32 Å². The number of aliphatic hydroxyl groups is 1. The summed E-state index contributed by atoms with van der Waals surface area (Å²) in [5.74, 6) is 0.462. The van der Waals surface area contributed by atoms with E-state index in [9.17, 15) is 0 Å². The van der Waals surface area contributed by atoms with Gasteiger partial charge in [-0.1, -0.05) is 0 Å². The Morgan fingerprint density at radius 3 is 2.78 bits per heavy atom. The second-order valence-electron chi connectivity index (χ2n) is 1.36. The van der Waals surface area contributed by atoms with E-state index in [1.165, 1.54) is 0 Å². The lowest BCUT2D eigenvalue weighted by Gasteiger charge is -1.99. The molecular formula is C5H11N3O. The monoisotopic (exact) mass is 129 g/mol. The highest BCUT2D eigenvalue weighted by Gasteiger charge is 1.86. The highest BCUT2D eigenvalue weighted by Crippen LogP contribution is 1.69. The Morgan fingerprint density at radius 1 is 1.78 bits per heavy atom. The molecule has 0 amide bonds. The van der Waals surface area contributed by atoms with Crippen LogP contribution in [0.2, 0.25) is 0 Å². The fourth-order valence-electron chi connectivity index (χ4n) is 0.373. The first-order valence-corrected chi connectivity index (χ1v) is 2.63. The molecule has 0 saturated heterocycles. The van der Waals surface area contributed by atoms with Crippen LogP contribution in [0.5, 0.6) is 0 Å². The highest BCUT2D eigenvalue weighted by atomic mass is 16.3. The van der Waals surface area contributed by atoms with Crippen molar-refractivity contribution in [3.8, 4) is 0 Å². The van der Waals surface area contributed by atoms with Crippen molar-refractivity contribution in [3.63, 3.8) is 0 Å². The molecule has 0 unspecified atom stereocenters. The maximum Gasteiger partial charge on any atom is 0.217 e. The van der Waals surface area contributed by atoms with Gasteiger partial charge in [0, 0.05) is 13.6 Å². The summed E-state index contributed by atoms with van der Waals surface area (Å²) in [4.78, 5) is 7.23. The van der Waals surface area contributed by atoms with Crippen LogP contribution in [0.25, 0.3) is 0 Å². The van der Waals surface area contributed by atoms with Gasteiger partial charge < -0.3 is 10.4 Å². The van der Waals surface area contributed by atoms with Crippen molar-refractivity contribution in [3.05, 3.63) is 0 Å². The highest BCUT2D eigenvalue weighted by molar-refractivity contribution is 5.83. The zero-order chi connectivity index (χ0) is 7.11. The smallest absolute Gasteiger partial charge is 0.217 e. The van der Waals surface area contributed by atoms with E-state index >= 15 is 0 Å². The molecule has 0 heterocycles. The van der Waals surface area contributed by atoms with Crippen molar-refractivity contribution in [2.45, 2.75) is 0 Å². The Bertz CT molecular complexity index is 111. The molecule has 9 heavy (non-hydrogen) atoms. The number of nitrogens with zero attached hydrogens (tertiary/aromatic N) is 2. The minimum Gasteiger partial charge on any atom is -0.395 e. The van der Waals surface area contributed by atoms with Crippen molar-refractivity contribution >= 4 is 12.7 Å². The molecule has 0 rings (SSSR count). The minimum atomic E-state index is 0.0779. The predicted octanol–water partition coefficient (Wildman–Crippen LogP) is -0.745. The van der Waals surface area contributed by atoms with E-state index in [-0.39, 0.29) is 6.61 Å². The lowest BCUT2D eigenvalue weighted by atomic mass is 10.7. The van der Waals surface area contributed by atoms with E-state index in [0.717, 1.165) is 0 Å². The first-order chi connectivity index (χ1) is 4.35. The Kier molecular flexibility index (Phi) is 4.72. The fourth-order valence-corrected chi connectivity index (χ4v) is 0.373. The van der Waals surface area contributed by atoms with Crippen LogP contribution >= 0.6 is 0 Å². The zero-order valence-electron chi connectivity index (χ0n) is 5.46. The molecule has 0 atom stereocenters. The first kappa shape index (κ1) is 8.10. The molecule has 0 aliphatic rings. The van der Waals surface area contributed by atoms with Crippen molar-refractivity contribution in [2.24, 2.45) is 9.98 Å². The maximum atomic E-state index is 8.33. The molecule has 0 radical (unpaired) electrons. The summed E-state index contributed by atoms with van der Waals surface area (Å²) in [6, 6.07) is 0. The quantitative estimate of drug-likeness (QED) is 0.381. The van der Waals surface area contributed by atoms with Gasteiger partial charge in [-0.2, -0.15) is 0 Å².